The normalized spacial score (nSPS) is 16.0. The Morgan fingerprint density at radius 3 is 2.86 bits per heavy atom. The van der Waals surface area contributed by atoms with Crippen molar-refractivity contribution in [3.05, 3.63) is 24.3 Å². The molecule has 0 aromatic heterocycles. The van der Waals surface area contributed by atoms with Crippen molar-refractivity contribution in [2.75, 3.05) is 18.4 Å². The lowest BCUT2D eigenvalue weighted by molar-refractivity contribution is -0.119. The van der Waals surface area contributed by atoms with Crippen molar-refractivity contribution in [1.82, 2.24) is 4.72 Å². The van der Waals surface area contributed by atoms with Gasteiger partial charge in [0.1, 0.15) is 5.84 Å². The Balaban J connectivity index is 2.15. The second-order valence-electron chi connectivity index (χ2n) is 5.19. The van der Waals surface area contributed by atoms with E-state index >= 15 is 0 Å². The molecule has 1 aromatic rings. The molecule has 0 fully saturated rings. The first-order chi connectivity index (χ1) is 10.4. The van der Waals surface area contributed by atoms with Crippen molar-refractivity contribution in [3.63, 3.8) is 0 Å². The van der Waals surface area contributed by atoms with Crippen LogP contribution in [-0.2, 0) is 14.8 Å². The largest absolute Gasteiger partial charge is 0.330 e. The van der Waals surface area contributed by atoms with Gasteiger partial charge in [-0.3, -0.25) is 14.5 Å². The number of nitrogens with zero attached hydrogens (tertiary/aromatic N) is 1. The van der Waals surface area contributed by atoms with E-state index < -0.39 is 10.0 Å². The van der Waals surface area contributed by atoms with Crippen molar-refractivity contribution in [2.45, 2.75) is 24.7 Å². The second-order valence-corrected chi connectivity index (χ2v) is 6.87. The van der Waals surface area contributed by atoms with Crippen LogP contribution in [0, 0.1) is 5.92 Å². The van der Waals surface area contributed by atoms with Gasteiger partial charge in [-0.05, 0) is 24.6 Å². The average molecular weight is 324 g/mol. The first kappa shape index (κ1) is 16.4. The molecular weight excluding hydrogens is 304 g/mol. The smallest absolute Gasteiger partial charge is 0.262 e. The zero-order valence-electron chi connectivity index (χ0n) is 12.4. The van der Waals surface area contributed by atoms with E-state index in [0.29, 0.717) is 24.5 Å². The topological polar surface area (TPSA) is 114 Å². The van der Waals surface area contributed by atoms with Crippen molar-refractivity contribution in [2.24, 2.45) is 16.6 Å². The fourth-order valence-corrected chi connectivity index (χ4v) is 3.08. The summed E-state index contributed by atoms with van der Waals surface area (Å²) in [6.07, 6.45) is 1.48. The van der Waals surface area contributed by atoms with Crippen LogP contribution in [0.25, 0.3) is 0 Å². The fourth-order valence-electron chi connectivity index (χ4n) is 1.95. The molecule has 0 spiro atoms. The lowest BCUT2D eigenvalue weighted by Gasteiger charge is -2.12. The minimum absolute atomic E-state index is 0.0836. The van der Waals surface area contributed by atoms with Crippen LogP contribution in [0.5, 0.6) is 0 Å². The van der Waals surface area contributed by atoms with Gasteiger partial charge < -0.3 is 11.1 Å². The van der Waals surface area contributed by atoms with E-state index in [9.17, 15) is 13.2 Å². The first-order valence-corrected chi connectivity index (χ1v) is 8.58. The summed E-state index contributed by atoms with van der Waals surface area (Å²) in [5.74, 6) is -0.109. The summed E-state index contributed by atoms with van der Waals surface area (Å²) in [6, 6.07) is 6.10. The number of aliphatic imine (C=N–C) groups is 1. The molecule has 8 heteroatoms. The molecule has 7 nitrogen and oxygen atoms in total. The predicted octanol–water partition coefficient (Wildman–Crippen LogP) is 0.691. The monoisotopic (exact) mass is 324 g/mol. The quantitative estimate of drug-likeness (QED) is 0.739. The van der Waals surface area contributed by atoms with Crippen molar-refractivity contribution in [1.29, 1.82) is 0 Å². The number of hydrogen-bond donors (Lipinski definition) is 3. The van der Waals surface area contributed by atoms with Crippen LogP contribution < -0.4 is 15.8 Å². The maximum atomic E-state index is 12.3. The van der Waals surface area contributed by atoms with Crippen LogP contribution in [-0.4, -0.2) is 33.3 Å². The molecule has 0 aliphatic carbocycles. The lowest BCUT2D eigenvalue weighted by atomic mass is 10.1. The highest BCUT2D eigenvalue weighted by Gasteiger charge is 2.19. The van der Waals surface area contributed by atoms with Gasteiger partial charge in [-0.1, -0.05) is 13.0 Å². The molecule has 4 N–H and O–H groups in total. The number of amidine groups is 1. The number of anilines is 1. The van der Waals surface area contributed by atoms with Gasteiger partial charge in [0.2, 0.25) is 5.91 Å². The van der Waals surface area contributed by atoms with Gasteiger partial charge in [0.15, 0.2) is 0 Å². The molecule has 0 saturated heterocycles. The molecule has 0 saturated carbocycles. The number of nitrogens with one attached hydrogen (secondary N) is 2. The van der Waals surface area contributed by atoms with Gasteiger partial charge >= 0.3 is 0 Å². The summed E-state index contributed by atoms with van der Waals surface area (Å²) in [6.45, 7) is 2.58. The van der Waals surface area contributed by atoms with Gasteiger partial charge in [0.05, 0.1) is 4.90 Å². The van der Waals surface area contributed by atoms with Crippen LogP contribution in [0.15, 0.2) is 34.2 Å². The molecule has 22 heavy (non-hydrogen) atoms. The van der Waals surface area contributed by atoms with Crippen LogP contribution >= 0.6 is 0 Å². The van der Waals surface area contributed by atoms with Gasteiger partial charge in [-0.25, -0.2) is 8.42 Å². The van der Waals surface area contributed by atoms with E-state index in [1.165, 1.54) is 12.1 Å². The highest BCUT2D eigenvalue weighted by molar-refractivity contribution is 7.90. The zero-order valence-corrected chi connectivity index (χ0v) is 13.2. The average Bonchev–Trinajstić information content (AvgIpc) is 2.98. The number of rotatable bonds is 5. The molecule has 1 amide bonds. The van der Waals surface area contributed by atoms with E-state index in [4.69, 9.17) is 5.73 Å². The summed E-state index contributed by atoms with van der Waals surface area (Å²) in [4.78, 5) is 16.0. The lowest BCUT2D eigenvalue weighted by Crippen LogP contribution is -2.29. The Hall–Kier alpha value is -1.93. The molecule has 0 bridgehead atoms. The van der Waals surface area contributed by atoms with Crippen molar-refractivity contribution < 1.29 is 13.2 Å². The van der Waals surface area contributed by atoms with Crippen molar-refractivity contribution in [3.8, 4) is 0 Å². The first-order valence-electron chi connectivity index (χ1n) is 7.09. The minimum atomic E-state index is -3.68. The summed E-state index contributed by atoms with van der Waals surface area (Å²) in [5.41, 5.74) is 5.86. The van der Waals surface area contributed by atoms with E-state index in [2.05, 4.69) is 15.0 Å². The van der Waals surface area contributed by atoms with Gasteiger partial charge in [0, 0.05) is 31.1 Å². The third-order valence-corrected chi connectivity index (χ3v) is 4.72. The number of carbonyl (C=O) groups excluding carboxylic acids is 1. The summed E-state index contributed by atoms with van der Waals surface area (Å²) >= 11 is 0. The standard InChI is InChI=1S/C14H20N4O3S/c1-10(9-15)14(19)17-11-4-2-5-12(8-11)22(20,21)18-13-6-3-7-16-13/h2,4-5,8,10H,3,6-7,9,15H2,1H3,(H,16,18)(H,17,19). The molecule has 0 radical (unpaired) electrons. The predicted molar refractivity (Wildman–Crippen MR) is 85.1 cm³/mol. The van der Waals surface area contributed by atoms with E-state index in [0.717, 1.165) is 6.42 Å². The van der Waals surface area contributed by atoms with Crippen molar-refractivity contribution >= 4 is 27.5 Å². The van der Waals surface area contributed by atoms with Crippen LogP contribution in [0.3, 0.4) is 0 Å². The molecule has 1 unspecified atom stereocenters. The molecule has 1 heterocycles. The Morgan fingerprint density at radius 2 is 2.23 bits per heavy atom. The summed E-state index contributed by atoms with van der Waals surface area (Å²) in [7, 11) is -3.68. The van der Waals surface area contributed by atoms with E-state index in [1.807, 2.05) is 0 Å². The maximum absolute atomic E-state index is 12.3. The molecule has 1 aliphatic rings. The van der Waals surface area contributed by atoms with Crippen LogP contribution in [0.4, 0.5) is 5.69 Å². The number of nitrogens with two attached hydrogens (primary N) is 1. The fraction of sp³-hybridized carbons (Fsp3) is 0.429. The second kappa shape index (κ2) is 6.89. The Labute approximate surface area is 130 Å². The van der Waals surface area contributed by atoms with Crippen LogP contribution in [0.1, 0.15) is 19.8 Å². The Bertz CT molecular complexity index is 685. The number of amides is 1. The third-order valence-electron chi connectivity index (χ3n) is 3.34. The van der Waals surface area contributed by atoms with E-state index in [-0.39, 0.29) is 23.3 Å². The van der Waals surface area contributed by atoms with E-state index in [1.54, 1.807) is 19.1 Å². The third kappa shape index (κ3) is 4.05. The maximum Gasteiger partial charge on any atom is 0.262 e. The molecular formula is C14H20N4O3S. The molecule has 1 aromatic carbocycles. The highest BCUT2D eigenvalue weighted by atomic mass is 32.2. The summed E-state index contributed by atoms with van der Waals surface area (Å²) in [5, 5.41) is 2.66. The number of hydrogen-bond acceptors (Lipinski definition) is 5. The van der Waals surface area contributed by atoms with Crippen LogP contribution in [0.2, 0.25) is 0 Å². The Morgan fingerprint density at radius 1 is 1.45 bits per heavy atom. The number of carbonyl (C=O) groups is 1. The molecule has 1 aliphatic heterocycles. The van der Waals surface area contributed by atoms with Gasteiger partial charge in [-0.2, -0.15) is 0 Å². The highest BCUT2D eigenvalue weighted by Crippen LogP contribution is 2.17. The molecule has 120 valence electrons. The summed E-state index contributed by atoms with van der Waals surface area (Å²) < 4.78 is 27.1. The number of benzene rings is 1. The Kier molecular flexibility index (Phi) is 5.15. The minimum Gasteiger partial charge on any atom is -0.330 e. The van der Waals surface area contributed by atoms with Gasteiger partial charge in [-0.15, -0.1) is 0 Å². The molecule has 2 rings (SSSR count). The molecule has 1 atom stereocenters. The zero-order chi connectivity index (χ0) is 16.2. The van der Waals surface area contributed by atoms with Gasteiger partial charge in [0.25, 0.3) is 10.0 Å². The SMILES string of the molecule is CC(CN)C(=O)Nc1cccc(S(=O)(=O)NC2=NCCC2)c1. The number of sulfonamides is 1.